The summed E-state index contributed by atoms with van der Waals surface area (Å²) in [6, 6.07) is 6.25. The molecule has 1 heterocycles. The molecule has 0 spiro atoms. The molecule has 2 aromatic carbocycles. The van der Waals surface area contributed by atoms with Crippen LogP contribution in [0, 0.1) is 11.6 Å². The molecule has 1 N–H and O–H groups in total. The number of halogens is 2. The highest BCUT2D eigenvalue weighted by molar-refractivity contribution is 5.79. The van der Waals surface area contributed by atoms with Gasteiger partial charge in [0.2, 0.25) is 11.7 Å². The third-order valence-corrected chi connectivity index (χ3v) is 5.08. The molecule has 1 aliphatic rings. The third kappa shape index (κ3) is 5.35. The van der Waals surface area contributed by atoms with Crippen molar-refractivity contribution in [1.29, 1.82) is 0 Å². The number of carbonyl (C=O) groups excluding carboxylic acids is 1. The molecule has 0 saturated carbocycles. The number of benzene rings is 2. The van der Waals surface area contributed by atoms with E-state index in [1.165, 1.54) is 26.2 Å². The fraction of sp³-hybridized carbons (Fsp3) is 0.409. The van der Waals surface area contributed by atoms with E-state index in [-0.39, 0.29) is 24.6 Å². The van der Waals surface area contributed by atoms with Crippen molar-refractivity contribution in [3.8, 4) is 23.0 Å². The number of rotatable bonds is 7. The van der Waals surface area contributed by atoms with Crippen molar-refractivity contribution < 1.29 is 37.6 Å². The Bertz CT molecular complexity index is 893. The largest absolute Gasteiger partial charge is 0.493 e. The van der Waals surface area contributed by atoms with Gasteiger partial charge in [0.05, 0.1) is 34.3 Å². The van der Waals surface area contributed by atoms with Gasteiger partial charge in [-0.1, -0.05) is 0 Å². The first-order chi connectivity index (χ1) is 14.8. The number of amides is 1. The summed E-state index contributed by atoms with van der Waals surface area (Å²) in [5.41, 5.74) is 0.669. The molecule has 168 valence electrons. The smallest absolute Gasteiger partial charge is 0.227 e. The summed E-state index contributed by atoms with van der Waals surface area (Å²) in [4.78, 5) is 14.3. The van der Waals surface area contributed by atoms with Crippen molar-refractivity contribution in [3.63, 3.8) is 0 Å². The number of likely N-dealkylation sites (tertiary alicyclic amines) is 1. The fourth-order valence-corrected chi connectivity index (χ4v) is 3.57. The molecule has 0 aliphatic carbocycles. The first-order valence-corrected chi connectivity index (χ1v) is 9.72. The monoisotopic (exact) mass is 437 g/mol. The van der Waals surface area contributed by atoms with E-state index < -0.39 is 23.8 Å². The highest BCUT2D eigenvalue weighted by Gasteiger charge is 2.32. The minimum Gasteiger partial charge on any atom is -0.493 e. The second kappa shape index (κ2) is 9.82. The number of carbonyl (C=O) groups is 1. The lowest BCUT2D eigenvalue weighted by molar-refractivity contribution is -0.136. The molecule has 3 rings (SSSR count). The lowest BCUT2D eigenvalue weighted by Gasteiger charge is -2.36. The van der Waals surface area contributed by atoms with Crippen LogP contribution in [0.5, 0.6) is 23.0 Å². The van der Waals surface area contributed by atoms with Crippen LogP contribution >= 0.6 is 0 Å². The zero-order valence-electron chi connectivity index (χ0n) is 17.6. The number of aliphatic hydroxyl groups excluding tert-OH is 1. The predicted molar refractivity (Wildman–Crippen MR) is 108 cm³/mol. The molecule has 1 aliphatic heterocycles. The summed E-state index contributed by atoms with van der Waals surface area (Å²) in [6.07, 6.45) is -1.28. The number of piperidine rings is 1. The lowest BCUT2D eigenvalue weighted by Crippen LogP contribution is -2.51. The van der Waals surface area contributed by atoms with Crippen LogP contribution in [0.2, 0.25) is 0 Å². The standard InChI is InChI=1S/C22H25F2NO6/c1-28-19-6-13(7-20(29-2)22(19)30-3)8-21(27)25-5-4-18(17(26)12-25)31-16-10-14(23)9-15(24)11-16/h6-7,9-11,17-18,26H,4-5,8,12H2,1-3H3/t17-,18-/m1/s1. The van der Waals surface area contributed by atoms with Crippen LogP contribution in [0.25, 0.3) is 0 Å². The Hall–Kier alpha value is -3.07. The minimum absolute atomic E-state index is 0.00116. The number of aliphatic hydroxyl groups is 1. The molecule has 9 heteroatoms. The Balaban J connectivity index is 1.64. The molecule has 1 amide bonds. The molecule has 0 bridgehead atoms. The van der Waals surface area contributed by atoms with Crippen molar-refractivity contribution in [2.75, 3.05) is 34.4 Å². The van der Waals surface area contributed by atoms with Crippen molar-refractivity contribution in [3.05, 3.63) is 47.5 Å². The molecule has 1 saturated heterocycles. The van der Waals surface area contributed by atoms with Crippen LogP contribution in [0.1, 0.15) is 12.0 Å². The molecule has 1 fully saturated rings. The molecular weight excluding hydrogens is 412 g/mol. The summed E-state index contributed by atoms with van der Waals surface area (Å²) >= 11 is 0. The number of β-amino-alcohol motifs (C(OH)–C–C–N with tert-alkyl or cyclic N) is 1. The van der Waals surface area contributed by atoms with Gasteiger partial charge in [-0.15, -0.1) is 0 Å². The maximum absolute atomic E-state index is 13.3. The van der Waals surface area contributed by atoms with Gasteiger partial charge in [-0.05, 0) is 17.7 Å². The first-order valence-electron chi connectivity index (χ1n) is 9.72. The van der Waals surface area contributed by atoms with Gasteiger partial charge >= 0.3 is 0 Å². The Kier molecular flexibility index (Phi) is 7.17. The van der Waals surface area contributed by atoms with Crippen LogP contribution in [0.4, 0.5) is 8.78 Å². The average molecular weight is 437 g/mol. The normalized spacial score (nSPS) is 18.5. The average Bonchev–Trinajstić information content (AvgIpc) is 2.73. The number of methoxy groups -OCH3 is 3. The zero-order valence-corrected chi connectivity index (χ0v) is 17.6. The first kappa shape index (κ1) is 22.6. The summed E-state index contributed by atoms with van der Waals surface area (Å²) < 4.78 is 48.2. The summed E-state index contributed by atoms with van der Waals surface area (Å²) in [6.45, 7) is 0.383. The molecule has 0 aromatic heterocycles. The van der Waals surface area contributed by atoms with Crippen LogP contribution in [-0.2, 0) is 11.2 Å². The Labute approximate surface area is 179 Å². The predicted octanol–water partition coefficient (Wildman–Crippen LogP) is 2.57. The van der Waals surface area contributed by atoms with Gasteiger partial charge < -0.3 is 29.0 Å². The minimum atomic E-state index is -0.996. The van der Waals surface area contributed by atoms with E-state index >= 15 is 0 Å². The SMILES string of the molecule is COc1cc(CC(=O)N2CC[C@@H](Oc3cc(F)cc(F)c3)[C@H](O)C2)cc(OC)c1OC. The van der Waals surface area contributed by atoms with E-state index in [9.17, 15) is 18.7 Å². The van der Waals surface area contributed by atoms with Gasteiger partial charge in [0.15, 0.2) is 11.5 Å². The number of nitrogens with zero attached hydrogens (tertiary/aromatic N) is 1. The number of ether oxygens (including phenoxy) is 4. The van der Waals surface area contributed by atoms with Crippen LogP contribution < -0.4 is 18.9 Å². The van der Waals surface area contributed by atoms with Gasteiger partial charge in [-0.3, -0.25) is 4.79 Å². The highest BCUT2D eigenvalue weighted by Crippen LogP contribution is 2.38. The van der Waals surface area contributed by atoms with Crippen LogP contribution in [0.15, 0.2) is 30.3 Å². The lowest BCUT2D eigenvalue weighted by atomic mass is 10.0. The molecule has 2 atom stereocenters. The molecule has 2 aromatic rings. The van der Waals surface area contributed by atoms with Crippen LogP contribution in [-0.4, -0.2) is 62.5 Å². The Morgan fingerprint density at radius 2 is 1.65 bits per heavy atom. The maximum Gasteiger partial charge on any atom is 0.227 e. The summed E-state index contributed by atoms with van der Waals surface area (Å²) in [5.74, 6) is -0.395. The van der Waals surface area contributed by atoms with Crippen molar-refractivity contribution >= 4 is 5.91 Å². The van der Waals surface area contributed by atoms with E-state index in [0.717, 1.165) is 18.2 Å². The number of hydrogen-bond acceptors (Lipinski definition) is 6. The second-order valence-corrected chi connectivity index (χ2v) is 7.17. The van der Waals surface area contributed by atoms with E-state index in [0.29, 0.717) is 35.8 Å². The molecule has 0 unspecified atom stereocenters. The molecule has 0 radical (unpaired) electrons. The van der Waals surface area contributed by atoms with Gasteiger partial charge in [-0.25, -0.2) is 8.78 Å². The second-order valence-electron chi connectivity index (χ2n) is 7.17. The van der Waals surface area contributed by atoms with E-state index in [2.05, 4.69) is 0 Å². The van der Waals surface area contributed by atoms with Gasteiger partial charge in [0, 0.05) is 31.2 Å². The molecule has 31 heavy (non-hydrogen) atoms. The van der Waals surface area contributed by atoms with Gasteiger partial charge in [-0.2, -0.15) is 0 Å². The topological polar surface area (TPSA) is 77.5 Å². The van der Waals surface area contributed by atoms with E-state index in [1.807, 2.05) is 0 Å². The highest BCUT2D eigenvalue weighted by atomic mass is 19.1. The molecule has 7 nitrogen and oxygen atoms in total. The van der Waals surface area contributed by atoms with Crippen molar-refractivity contribution in [2.45, 2.75) is 25.0 Å². The quantitative estimate of drug-likeness (QED) is 0.718. The Morgan fingerprint density at radius 1 is 1.03 bits per heavy atom. The number of hydrogen-bond donors (Lipinski definition) is 1. The van der Waals surface area contributed by atoms with Crippen molar-refractivity contribution in [2.24, 2.45) is 0 Å². The molecular formula is C22H25F2NO6. The van der Waals surface area contributed by atoms with E-state index in [1.54, 1.807) is 12.1 Å². The maximum atomic E-state index is 13.3. The third-order valence-electron chi connectivity index (χ3n) is 5.08. The Morgan fingerprint density at radius 3 is 2.16 bits per heavy atom. The van der Waals surface area contributed by atoms with Crippen LogP contribution in [0.3, 0.4) is 0 Å². The summed E-state index contributed by atoms with van der Waals surface area (Å²) in [5, 5.41) is 10.4. The fourth-order valence-electron chi connectivity index (χ4n) is 3.57. The van der Waals surface area contributed by atoms with E-state index in [4.69, 9.17) is 18.9 Å². The zero-order chi connectivity index (χ0) is 22.5. The van der Waals surface area contributed by atoms with Crippen molar-refractivity contribution in [1.82, 2.24) is 4.90 Å². The summed E-state index contributed by atoms with van der Waals surface area (Å²) in [7, 11) is 4.49. The van der Waals surface area contributed by atoms with Gasteiger partial charge in [0.1, 0.15) is 29.6 Å². The van der Waals surface area contributed by atoms with Gasteiger partial charge in [0.25, 0.3) is 0 Å².